The van der Waals surface area contributed by atoms with E-state index in [2.05, 4.69) is 40.0 Å². The standard InChI is InChI=1S/C32H32ClN7O2/c1-21(2)38-15-17-39(18-16-38)27-14-13-23(19-28(27)42-3)35-32-34-20-24-30(36-32)29(22-9-5-4-6-10-22)37-40(31(24)41)26-12-8-7-11-25(26)33/h4-14,19-21H,15-18H2,1-3H3,(H,34,35,36). The Balaban J connectivity index is 1.36. The van der Waals surface area contributed by atoms with E-state index in [1.165, 1.54) is 10.9 Å². The van der Waals surface area contributed by atoms with Gasteiger partial charge in [-0.25, -0.2) is 9.97 Å². The zero-order valence-electron chi connectivity index (χ0n) is 23.8. The van der Waals surface area contributed by atoms with E-state index < -0.39 is 0 Å². The van der Waals surface area contributed by atoms with Crippen LogP contribution in [0.4, 0.5) is 17.3 Å². The van der Waals surface area contributed by atoms with Crippen molar-refractivity contribution in [3.05, 3.63) is 94.4 Å². The van der Waals surface area contributed by atoms with Gasteiger partial charge in [-0.15, -0.1) is 0 Å². The third kappa shape index (κ3) is 5.41. The highest BCUT2D eigenvalue weighted by molar-refractivity contribution is 6.32. The van der Waals surface area contributed by atoms with Gasteiger partial charge in [0, 0.05) is 55.7 Å². The fraction of sp³-hybridized carbons (Fsp3) is 0.250. The summed E-state index contributed by atoms with van der Waals surface area (Å²) in [6.45, 7) is 8.38. The van der Waals surface area contributed by atoms with Crippen molar-refractivity contribution in [1.29, 1.82) is 0 Å². The average Bonchev–Trinajstić information content (AvgIpc) is 3.02. The van der Waals surface area contributed by atoms with Crippen LogP contribution in [-0.4, -0.2) is 64.0 Å². The van der Waals surface area contributed by atoms with Crippen LogP contribution in [-0.2, 0) is 0 Å². The SMILES string of the molecule is COc1cc(Nc2ncc3c(=O)n(-c4ccccc4Cl)nc(-c4ccccc4)c3n2)ccc1N1CCN(C(C)C)CC1. The number of ether oxygens (including phenoxy) is 1. The van der Waals surface area contributed by atoms with Crippen LogP contribution in [0.1, 0.15) is 13.8 Å². The number of benzene rings is 3. The molecule has 214 valence electrons. The van der Waals surface area contributed by atoms with Crippen LogP contribution in [0.2, 0.25) is 5.02 Å². The van der Waals surface area contributed by atoms with Gasteiger partial charge < -0.3 is 15.0 Å². The molecule has 0 saturated carbocycles. The van der Waals surface area contributed by atoms with Gasteiger partial charge in [0.25, 0.3) is 5.56 Å². The highest BCUT2D eigenvalue weighted by atomic mass is 35.5. The second-order valence-electron chi connectivity index (χ2n) is 10.5. The molecule has 1 fully saturated rings. The van der Waals surface area contributed by atoms with Crippen molar-refractivity contribution in [2.24, 2.45) is 0 Å². The zero-order chi connectivity index (χ0) is 29.2. The molecule has 0 spiro atoms. The van der Waals surface area contributed by atoms with Gasteiger partial charge in [0.2, 0.25) is 5.95 Å². The maximum absolute atomic E-state index is 13.6. The van der Waals surface area contributed by atoms with Crippen molar-refractivity contribution >= 4 is 39.8 Å². The minimum Gasteiger partial charge on any atom is -0.495 e. The molecule has 1 N–H and O–H groups in total. The molecule has 0 amide bonds. The molecule has 0 atom stereocenters. The van der Waals surface area contributed by atoms with Gasteiger partial charge in [-0.1, -0.05) is 54.1 Å². The van der Waals surface area contributed by atoms with E-state index in [0.29, 0.717) is 39.3 Å². The van der Waals surface area contributed by atoms with Gasteiger partial charge in [-0.2, -0.15) is 9.78 Å². The van der Waals surface area contributed by atoms with Crippen molar-refractivity contribution in [2.75, 3.05) is 43.5 Å². The van der Waals surface area contributed by atoms with Crippen molar-refractivity contribution in [2.45, 2.75) is 19.9 Å². The monoisotopic (exact) mass is 581 g/mol. The summed E-state index contributed by atoms with van der Waals surface area (Å²) >= 11 is 6.44. The summed E-state index contributed by atoms with van der Waals surface area (Å²) in [6, 6.07) is 23.3. The van der Waals surface area contributed by atoms with Crippen molar-refractivity contribution in [3.63, 3.8) is 0 Å². The molecule has 0 aliphatic carbocycles. The van der Waals surface area contributed by atoms with Gasteiger partial charge in [0.05, 0.1) is 28.9 Å². The van der Waals surface area contributed by atoms with Crippen LogP contribution in [0.5, 0.6) is 5.75 Å². The highest BCUT2D eigenvalue weighted by Crippen LogP contribution is 2.33. The summed E-state index contributed by atoms with van der Waals surface area (Å²) in [5.74, 6) is 1.12. The Labute approximate surface area is 249 Å². The van der Waals surface area contributed by atoms with Crippen LogP contribution in [0.3, 0.4) is 0 Å². The normalized spacial score (nSPS) is 14.0. The molecule has 1 aliphatic rings. The first-order chi connectivity index (χ1) is 20.4. The molecule has 0 unspecified atom stereocenters. The van der Waals surface area contributed by atoms with Crippen LogP contribution in [0.25, 0.3) is 27.8 Å². The van der Waals surface area contributed by atoms with E-state index in [-0.39, 0.29) is 5.56 Å². The third-order valence-corrected chi connectivity index (χ3v) is 7.90. The van der Waals surface area contributed by atoms with E-state index in [9.17, 15) is 4.79 Å². The molecular weight excluding hydrogens is 550 g/mol. The maximum atomic E-state index is 13.6. The molecule has 10 heteroatoms. The molecule has 2 aromatic heterocycles. The van der Waals surface area contributed by atoms with Gasteiger partial charge in [-0.3, -0.25) is 9.69 Å². The molecule has 1 saturated heterocycles. The number of para-hydroxylation sites is 1. The van der Waals surface area contributed by atoms with E-state index in [1.807, 2.05) is 54.6 Å². The third-order valence-electron chi connectivity index (χ3n) is 7.58. The Bertz CT molecular complexity index is 1780. The lowest BCUT2D eigenvalue weighted by atomic mass is 10.1. The Morgan fingerprint density at radius 3 is 2.38 bits per heavy atom. The summed E-state index contributed by atoms with van der Waals surface area (Å²) in [7, 11) is 1.68. The first-order valence-electron chi connectivity index (χ1n) is 14.0. The lowest BCUT2D eigenvalue weighted by molar-refractivity contribution is 0.209. The van der Waals surface area contributed by atoms with Crippen LogP contribution in [0, 0.1) is 0 Å². The molecule has 9 nitrogen and oxygen atoms in total. The number of hydrogen-bond donors (Lipinski definition) is 1. The summed E-state index contributed by atoms with van der Waals surface area (Å²) in [4.78, 5) is 27.7. The minimum absolute atomic E-state index is 0.336. The van der Waals surface area contributed by atoms with E-state index in [1.54, 1.807) is 19.2 Å². The highest BCUT2D eigenvalue weighted by Gasteiger charge is 2.22. The lowest BCUT2D eigenvalue weighted by Gasteiger charge is -2.38. The molecule has 6 rings (SSSR count). The van der Waals surface area contributed by atoms with E-state index in [0.717, 1.165) is 48.9 Å². The number of hydrogen-bond acceptors (Lipinski definition) is 8. The average molecular weight is 582 g/mol. The quantitative estimate of drug-likeness (QED) is 0.259. The molecule has 42 heavy (non-hydrogen) atoms. The van der Waals surface area contributed by atoms with Gasteiger partial charge >= 0.3 is 0 Å². The Morgan fingerprint density at radius 2 is 1.67 bits per heavy atom. The van der Waals surface area contributed by atoms with Gasteiger partial charge in [-0.05, 0) is 38.1 Å². The van der Waals surface area contributed by atoms with Crippen molar-refractivity contribution < 1.29 is 4.74 Å². The fourth-order valence-electron chi connectivity index (χ4n) is 5.29. The lowest BCUT2D eigenvalue weighted by Crippen LogP contribution is -2.49. The van der Waals surface area contributed by atoms with E-state index >= 15 is 0 Å². The predicted molar refractivity (Wildman–Crippen MR) is 169 cm³/mol. The van der Waals surface area contributed by atoms with Crippen LogP contribution in [0.15, 0.2) is 83.8 Å². The summed E-state index contributed by atoms with van der Waals surface area (Å²) in [5.41, 5.74) is 3.77. The first kappa shape index (κ1) is 27.7. The molecular formula is C32H32ClN7O2. The molecule has 3 aromatic carbocycles. The number of methoxy groups -OCH3 is 1. The van der Waals surface area contributed by atoms with Crippen LogP contribution >= 0.6 is 11.6 Å². The molecule has 0 bridgehead atoms. The van der Waals surface area contributed by atoms with E-state index in [4.69, 9.17) is 26.4 Å². The molecule has 0 radical (unpaired) electrons. The Morgan fingerprint density at radius 1 is 0.929 bits per heavy atom. The second-order valence-corrected chi connectivity index (χ2v) is 10.9. The summed E-state index contributed by atoms with van der Waals surface area (Å²) in [5, 5.41) is 8.78. The molecule has 3 heterocycles. The predicted octanol–water partition coefficient (Wildman–Crippen LogP) is 5.78. The fourth-order valence-corrected chi connectivity index (χ4v) is 5.50. The van der Waals surface area contributed by atoms with Gasteiger partial charge in [0.1, 0.15) is 17.0 Å². The Hall–Kier alpha value is -4.47. The number of nitrogens with zero attached hydrogens (tertiary/aromatic N) is 6. The topological polar surface area (TPSA) is 88.4 Å². The molecule has 1 aliphatic heterocycles. The maximum Gasteiger partial charge on any atom is 0.282 e. The number of rotatable bonds is 7. The molecule has 5 aromatic rings. The van der Waals surface area contributed by atoms with Gasteiger partial charge in [0.15, 0.2) is 0 Å². The number of fused-ring (bicyclic) bond motifs is 1. The number of nitrogens with one attached hydrogen (secondary N) is 1. The first-order valence-corrected chi connectivity index (χ1v) is 14.3. The largest absolute Gasteiger partial charge is 0.495 e. The number of piperazine rings is 1. The summed E-state index contributed by atoms with van der Waals surface area (Å²) < 4.78 is 7.09. The smallest absolute Gasteiger partial charge is 0.282 e. The summed E-state index contributed by atoms with van der Waals surface area (Å²) in [6.07, 6.45) is 1.54. The minimum atomic E-state index is -0.354. The number of halogens is 1. The number of anilines is 3. The van der Waals surface area contributed by atoms with Crippen molar-refractivity contribution in [3.8, 4) is 22.7 Å². The zero-order valence-corrected chi connectivity index (χ0v) is 24.5. The van der Waals surface area contributed by atoms with Crippen LogP contribution < -0.4 is 20.5 Å². The van der Waals surface area contributed by atoms with Crippen molar-refractivity contribution in [1.82, 2.24) is 24.6 Å². The second kappa shape index (κ2) is 11.8. The Kier molecular flexibility index (Phi) is 7.78. The number of aromatic nitrogens is 4.